The van der Waals surface area contributed by atoms with Crippen LogP contribution in [0.1, 0.15) is 16.8 Å². The van der Waals surface area contributed by atoms with Crippen molar-refractivity contribution in [3.63, 3.8) is 0 Å². The zero-order chi connectivity index (χ0) is 17.8. The van der Waals surface area contributed by atoms with Gasteiger partial charge < -0.3 is 14.5 Å². The second kappa shape index (κ2) is 7.27. The Kier molecular flexibility index (Phi) is 4.51. The molecule has 0 spiro atoms. The summed E-state index contributed by atoms with van der Waals surface area (Å²) in [5, 5.41) is 4.12. The third-order valence-corrected chi connectivity index (χ3v) is 4.42. The summed E-state index contributed by atoms with van der Waals surface area (Å²) in [4.78, 5) is 16.7. The molecule has 0 saturated heterocycles. The number of aromatic nitrogens is 3. The van der Waals surface area contributed by atoms with E-state index in [1.165, 1.54) is 0 Å². The minimum Gasteiger partial charge on any atom is -0.352 e. The van der Waals surface area contributed by atoms with Gasteiger partial charge in [-0.1, -0.05) is 0 Å². The molecule has 3 aromatic heterocycles. The zero-order valence-corrected chi connectivity index (χ0v) is 14.4. The lowest BCUT2D eigenvalue weighted by molar-refractivity contribution is 0.0953. The van der Waals surface area contributed by atoms with Gasteiger partial charge in [0.05, 0.1) is 0 Å². The van der Waals surface area contributed by atoms with Crippen LogP contribution in [-0.4, -0.2) is 26.6 Å². The summed E-state index contributed by atoms with van der Waals surface area (Å²) in [5.41, 5.74) is 2.70. The number of carbonyl (C=O) groups excluding carboxylic acids is 1. The Morgan fingerprint density at radius 3 is 2.58 bits per heavy atom. The van der Waals surface area contributed by atoms with Gasteiger partial charge in [0.2, 0.25) is 0 Å². The van der Waals surface area contributed by atoms with Gasteiger partial charge in [-0.3, -0.25) is 4.79 Å². The highest BCUT2D eigenvalue weighted by atomic mass is 16.1. The van der Waals surface area contributed by atoms with Crippen molar-refractivity contribution in [1.82, 2.24) is 19.4 Å². The molecule has 5 nitrogen and oxygen atoms in total. The van der Waals surface area contributed by atoms with Crippen molar-refractivity contribution < 1.29 is 4.79 Å². The molecule has 1 aromatic carbocycles. The molecule has 130 valence electrons. The van der Waals surface area contributed by atoms with Gasteiger partial charge in [-0.15, -0.1) is 0 Å². The van der Waals surface area contributed by atoms with Crippen molar-refractivity contribution >= 4 is 16.9 Å². The first-order chi connectivity index (χ1) is 12.8. The van der Waals surface area contributed by atoms with Crippen molar-refractivity contribution in [2.75, 3.05) is 6.54 Å². The lowest BCUT2D eigenvalue weighted by atomic mass is 10.2. The first-order valence-corrected chi connectivity index (χ1v) is 8.73. The molecule has 0 aliphatic carbocycles. The highest BCUT2D eigenvalue weighted by Gasteiger charge is 2.06. The Bertz CT molecular complexity index is 1000. The van der Waals surface area contributed by atoms with Gasteiger partial charge in [0.1, 0.15) is 5.65 Å². The van der Waals surface area contributed by atoms with E-state index in [9.17, 15) is 4.79 Å². The lowest BCUT2D eigenvalue weighted by Crippen LogP contribution is -2.25. The van der Waals surface area contributed by atoms with Crippen LogP contribution in [0.2, 0.25) is 0 Å². The fourth-order valence-electron chi connectivity index (χ4n) is 3.05. The summed E-state index contributed by atoms with van der Waals surface area (Å²) in [7, 11) is 0. The van der Waals surface area contributed by atoms with E-state index in [0.29, 0.717) is 12.1 Å². The Hall–Kier alpha value is -3.34. The molecule has 5 heteroatoms. The van der Waals surface area contributed by atoms with Crippen molar-refractivity contribution in [2.24, 2.45) is 0 Å². The fourth-order valence-corrected chi connectivity index (χ4v) is 3.05. The molecule has 0 radical (unpaired) electrons. The molecule has 1 N–H and O–H groups in total. The summed E-state index contributed by atoms with van der Waals surface area (Å²) in [5.74, 6) is -0.0421. The average Bonchev–Trinajstić information content (AvgIpc) is 3.35. The molecule has 0 bridgehead atoms. The summed E-state index contributed by atoms with van der Waals surface area (Å²) in [6, 6.07) is 17.6. The van der Waals surface area contributed by atoms with Crippen LogP contribution in [-0.2, 0) is 6.54 Å². The maximum absolute atomic E-state index is 12.3. The molecule has 3 heterocycles. The van der Waals surface area contributed by atoms with Crippen LogP contribution in [0.25, 0.3) is 16.7 Å². The van der Waals surface area contributed by atoms with E-state index in [4.69, 9.17) is 0 Å². The molecule has 0 saturated carbocycles. The van der Waals surface area contributed by atoms with Gasteiger partial charge in [0.25, 0.3) is 5.91 Å². The smallest absolute Gasteiger partial charge is 0.251 e. The quantitative estimate of drug-likeness (QED) is 0.543. The molecule has 0 atom stereocenters. The van der Waals surface area contributed by atoms with Gasteiger partial charge in [-0.05, 0) is 61.0 Å². The summed E-state index contributed by atoms with van der Waals surface area (Å²) in [6.07, 6.45) is 8.66. The predicted octanol–water partition coefficient (Wildman–Crippen LogP) is 3.65. The average molecular weight is 344 g/mol. The van der Waals surface area contributed by atoms with Gasteiger partial charge in [-0.2, -0.15) is 0 Å². The van der Waals surface area contributed by atoms with Gasteiger partial charge in [0.15, 0.2) is 0 Å². The zero-order valence-electron chi connectivity index (χ0n) is 14.4. The molecular weight excluding hydrogens is 324 g/mol. The van der Waals surface area contributed by atoms with Crippen LogP contribution >= 0.6 is 0 Å². The SMILES string of the molecule is O=C(NCCCn1ccc2cccnc21)c1ccc(-n2cccc2)cc1. The molecule has 0 aliphatic heterocycles. The molecule has 1 amide bonds. The van der Waals surface area contributed by atoms with E-state index in [0.717, 1.165) is 29.7 Å². The normalized spacial score (nSPS) is 10.9. The summed E-state index contributed by atoms with van der Waals surface area (Å²) in [6.45, 7) is 1.46. The third kappa shape index (κ3) is 3.37. The maximum Gasteiger partial charge on any atom is 0.251 e. The van der Waals surface area contributed by atoms with Crippen LogP contribution in [0.3, 0.4) is 0 Å². The molecule has 0 unspecified atom stereocenters. The van der Waals surface area contributed by atoms with Gasteiger partial charge in [-0.25, -0.2) is 4.98 Å². The first-order valence-electron chi connectivity index (χ1n) is 8.73. The number of carbonyl (C=O) groups is 1. The van der Waals surface area contributed by atoms with Crippen LogP contribution < -0.4 is 5.32 Å². The minimum atomic E-state index is -0.0421. The minimum absolute atomic E-state index is 0.0421. The molecule has 0 fully saturated rings. The highest BCUT2D eigenvalue weighted by Crippen LogP contribution is 2.13. The molecule has 4 rings (SSSR count). The Labute approximate surface area is 151 Å². The van der Waals surface area contributed by atoms with E-state index < -0.39 is 0 Å². The Morgan fingerprint density at radius 2 is 1.77 bits per heavy atom. The van der Waals surface area contributed by atoms with Gasteiger partial charge >= 0.3 is 0 Å². The number of nitrogens with zero attached hydrogens (tertiary/aromatic N) is 3. The number of nitrogens with one attached hydrogen (secondary N) is 1. The maximum atomic E-state index is 12.3. The number of fused-ring (bicyclic) bond motifs is 1. The van der Waals surface area contributed by atoms with E-state index in [1.54, 1.807) is 6.20 Å². The molecule has 26 heavy (non-hydrogen) atoms. The summed E-state index contributed by atoms with van der Waals surface area (Å²) >= 11 is 0. The van der Waals surface area contributed by atoms with E-state index >= 15 is 0 Å². The number of amides is 1. The second-order valence-corrected chi connectivity index (χ2v) is 6.17. The highest BCUT2D eigenvalue weighted by molar-refractivity contribution is 5.94. The van der Waals surface area contributed by atoms with Crippen molar-refractivity contribution in [3.8, 4) is 5.69 Å². The number of hydrogen-bond donors (Lipinski definition) is 1. The topological polar surface area (TPSA) is 51.9 Å². The second-order valence-electron chi connectivity index (χ2n) is 6.17. The third-order valence-electron chi connectivity index (χ3n) is 4.42. The summed E-state index contributed by atoms with van der Waals surface area (Å²) < 4.78 is 4.13. The van der Waals surface area contributed by atoms with Crippen molar-refractivity contribution in [2.45, 2.75) is 13.0 Å². The number of aryl methyl sites for hydroxylation is 1. The van der Waals surface area contributed by atoms with Crippen LogP contribution in [0, 0.1) is 0 Å². The van der Waals surface area contributed by atoms with Gasteiger partial charge in [0, 0.05) is 54.5 Å². The standard InChI is InChI=1S/C21H20N4O/c26-21(18-6-8-19(9-7-18)24-13-1-2-14-24)23-12-4-15-25-16-10-17-5-3-11-22-20(17)25/h1-3,5-11,13-14,16H,4,12,15H2,(H,23,26). The van der Waals surface area contributed by atoms with E-state index in [-0.39, 0.29) is 5.91 Å². The number of rotatable bonds is 6. The van der Waals surface area contributed by atoms with Crippen molar-refractivity contribution in [3.05, 3.63) is 84.9 Å². The number of pyridine rings is 1. The fraction of sp³-hybridized carbons (Fsp3) is 0.143. The van der Waals surface area contributed by atoms with Crippen LogP contribution in [0.5, 0.6) is 0 Å². The first kappa shape index (κ1) is 16.1. The Balaban J connectivity index is 1.30. The number of benzene rings is 1. The monoisotopic (exact) mass is 344 g/mol. The number of hydrogen-bond acceptors (Lipinski definition) is 2. The molecule has 4 aromatic rings. The van der Waals surface area contributed by atoms with E-state index in [2.05, 4.69) is 27.0 Å². The Morgan fingerprint density at radius 1 is 0.962 bits per heavy atom. The van der Waals surface area contributed by atoms with Crippen molar-refractivity contribution in [1.29, 1.82) is 0 Å². The van der Waals surface area contributed by atoms with Crippen LogP contribution in [0.15, 0.2) is 79.4 Å². The predicted molar refractivity (Wildman–Crippen MR) is 102 cm³/mol. The lowest BCUT2D eigenvalue weighted by Gasteiger charge is -2.08. The molecular formula is C21H20N4O. The van der Waals surface area contributed by atoms with Crippen LogP contribution in [0.4, 0.5) is 0 Å². The molecule has 0 aliphatic rings. The largest absolute Gasteiger partial charge is 0.352 e. The van der Waals surface area contributed by atoms with E-state index in [1.807, 2.05) is 65.6 Å².